The van der Waals surface area contributed by atoms with Gasteiger partial charge in [0.05, 0.1) is 0 Å². The lowest BCUT2D eigenvalue weighted by Crippen LogP contribution is -2.55. The van der Waals surface area contributed by atoms with E-state index < -0.39 is 6.04 Å². The van der Waals surface area contributed by atoms with E-state index in [1.165, 1.54) is 0 Å². The smallest absolute Gasteiger partial charge is 0.254 e. The lowest BCUT2D eigenvalue weighted by atomic mass is 10.0. The standard InChI is InChI=1S/C23H19N3O4/c27-21-14-25(18-4-2-1-3-5-18)23(28)22(17-8-10-24-11-9-17)26(21)13-16-6-7-19-20(12-16)30-15-29-19/h1-12,22H,13-15H2. The molecule has 1 fully saturated rings. The molecule has 0 saturated carbocycles. The van der Waals surface area contributed by atoms with Gasteiger partial charge in [0.2, 0.25) is 12.7 Å². The van der Waals surface area contributed by atoms with Gasteiger partial charge in [-0.2, -0.15) is 0 Å². The van der Waals surface area contributed by atoms with Crippen molar-refractivity contribution in [1.82, 2.24) is 9.88 Å². The molecule has 1 saturated heterocycles. The zero-order valence-electron chi connectivity index (χ0n) is 16.1. The van der Waals surface area contributed by atoms with E-state index in [1.807, 2.05) is 48.5 Å². The summed E-state index contributed by atoms with van der Waals surface area (Å²) in [6, 6.07) is 17.6. The SMILES string of the molecule is O=C1C(c2ccncc2)N(Cc2ccc3c(c2)OCO3)C(=O)CN1c1ccccc1. The summed E-state index contributed by atoms with van der Waals surface area (Å²) < 4.78 is 10.8. The van der Waals surface area contributed by atoms with Gasteiger partial charge < -0.3 is 19.3 Å². The largest absolute Gasteiger partial charge is 0.454 e. The van der Waals surface area contributed by atoms with E-state index in [-0.39, 0.29) is 31.7 Å². The Balaban J connectivity index is 1.51. The Bertz CT molecular complexity index is 1090. The van der Waals surface area contributed by atoms with Gasteiger partial charge in [0, 0.05) is 24.6 Å². The third-order valence-corrected chi connectivity index (χ3v) is 5.30. The number of para-hydroxylation sites is 1. The first kappa shape index (κ1) is 18.2. The van der Waals surface area contributed by atoms with Crippen LogP contribution in [-0.4, -0.2) is 35.0 Å². The van der Waals surface area contributed by atoms with Crippen LogP contribution in [0.25, 0.3) is 0 Å². The van der Waals surface area contributed by atoms with Crippen molar-refractivity contribution in [3.05, 3.63) is 84.2 Å². The number of fused-ring (bicyclic) bond motifs is 1. The minimum Gasteiger partial charge on any atom is -0.454 e. The van der Waals surface area contributed by atoms with Crippen LogP contribution >= 0.6 is 0 Å². The maximum absolute atomic E-state index is 13.5. The number of carbonyl (C=O) groups is 2. The number of hydrogen-bond acceptors (Lipinski definition) is 5. The molecule has 1 atom stereocenters. The van der Waals surface area contributed by atoms with Crippen LogP contribution in [0.5, 0.6) is 11.5 Å². The van der Waals surface area contributed by atoms with Gasteiger partial charge in [0.1, 0.15) is 12.6 Å². The molecule has 2 aliphatic rings. The van der Waals surface area contributed by atoms with Crippen molar-refractivity contribution < 1.29 is 19.1 Å². The topological polar surface area (TPSA) is 72.0 Å². The lowest BCUT2D eigenvalue weighted by molar-refractivity contribution is -0.144. The van der Waals surface area contributed by atoms with Gasteiger partial charge >= 0.3 is 0 Å². The molecule has 2 amide bonds. The highest BCUT2D eigenvalue weighted by Gasteiger charge is 2.41. The molecule has 1 unspecified atom stereocenters. The Hall–Kier alpha value is -3.87. The molecule has 0 spiro atoms. The summed E-state index contributed by atoms with van der Waals surface area (Å²) in [5.74, 6) is 1.06. The molecule has 150 valence electrons. The normalized spacial score (nSPS) is 18.1. The van der Waals surface area contributed by atoms with Crippen LogP contribution in [-0.2, 0) is 16.1 Å². The number of benzene rings is 2. The second-order valence-corrected chi connectivity index (χ2v) is 7.15. The summed E-state index contributed by atoms with van der Waals surface area (Å²) in [5, 5.41) is 0. The van der Waals surface area contributed by atoms with Crippen molar-refractivity contribution in [3.8, 4) is 11.5 Å². The van der Waals surface area contributed by atoms with Gasteiger partial charge in [-0.25, -0.2) is 0 Å². The molecule has 5 rings (SSSR count). The average molecular weight is 401 g/mol. The minimum absolute atomic E-state index is 0.00498. The van der Waals surface area contributed by atoms with Gasteiger partial charge in [-0.15, -0.1) is 0 Å². The number of nitrogens with zero attached hydrogens (tertiary/aromatic N) is 3. The van der Waals surface area contributed by atoms with Crippen LogP contribution in [0.15, 0.2) is 73.1 Å². The van der Waals surface area contributed by atoms with Crippen LogP contribution in [0.4, 0.5) is 5.69 Å². The molecule has 2 aromatic carbocycles. The molecule has 2 aliphatic heterocycles. The summed E-state index contributed by atoms with van der Waals surface area (Å²) >= 11 is 0. The van der Waals surface area contributed by atoms with Crippen molar-refractivity contribution in [2.75, 3.05) is 18.2 Å². The maximum atomic E-state index is 13.5. The third kappa shape index (κ3) is 3.24. The number of hydrogen-bond donors (Lipinski definition) is 0. The Kier molecular flexibility index (Phi) is 4.55. The van der Waals surface area contributed by atoms with Gasteiger partial charge in [0.15, 0.2) is 11.5 Å². The maximum Gasteiger partial charge on any atom is 0.254 e. The van der Waals surface area contributed by atoms with Crippen molar-refractivity contribution >= 4 is 17.5 Å². The highest BCUT2D eigenvalue weighted by molar-refractivity contribution is 6.06. The predicted octanol–water partition coefficient (Wildman–Crippen LogP) is 2.93. The zero-order valence-corrected chi connectivity index (χ0v) is 16.1. The van der Waals surface area contributed by atoms with E-state index in [2.05, 4.69) is 4.98 Å². The molecule has 30 heavy (non-hydrogen) atoms. The molecule has 7 nitrogen and oxygen atoms in total. The molecule has 3 heterocycles. The van der Waals surface area contributed by atoms with Crippen molar-refractivity contribution in [2.45, 2.75) is 12.6 Å². The second-order valence-electron chi connectivity index (χ2n) is 7.15. The fraction of sp³-hybridized carbons (Fsp3) is 0.174. The van der Waals surface area contributed by atoms with Gasteiger partial charge in [-0.1, -0.05) is 24.3 Å². The monoisotopic (exact) mass is 401 g/mol. The van der Waals surface area contributed by atoms with Gasteiger partial charge in [-0.05, 0) is 47.5 Å². The van der Waals surface area contributed by atoms with Gasteiger partial charge in [-0.3, -0.25) is 14.6 Å². The van der Waals surface area contributed by atoms with E-state index in [0.717, 1.165) is 11.1 Å². The zero-order chi connectivity index (χ0) is 20.5. The number of aromatic nitrogens is 1. The fourth-order valence-electron chi connectivity index (χ4n) is 3.84. The van der Waals surface area contributed by atoms with Crippen LogP contribution in [0, 0.1) is 0 Å². The summed E-state index contributed by atoms with van der Waals surface area (Å²) in [5.41, 5.74) is 2.30. The molecular weight excluding hydrogens is 382 g/mol. The fourth-order valence-corrected chi connectivity index (χ4v) is 3.84. The summed E-state index contributed by atoms with van der Waals surface area (Å²) in [6.45, 7) is 0.470. The number of anilines is 1. The first-order valence-electron chi connectivity index (χ1n) is 9.65. The molecule has 3 aromatic rings. The lowest BCUT2D eigenvalue weighted by Gasteiger charge is -2.40. The third-order valence-electron chi connectivity index (χ3n) is 5.30. The van der Waals surface area contributed by atoms with Crippen molar-refractivity contribution in [1.29, 1.82) is 0 Å². The van der Waals surface area contributed by atoms with Crippen LogP contribution in [0.1, 0.15) is 17.2 Å². The van der Waals surface area contributed by atoms with Crippen LogP contribution < -0.4 is 14.4 Å². The molecule has 0 aliphatic carbocycles. The van der Waals surface area contributed by atoms with Crippen LogP contribution in [0.3, 0.4) is 0 Å². The van der Waals surface area contributed by atoms with E-state index in [1.54, 1.807) is 34.3 Å². The van der Waals surface area contributed by atoms with Crippen molar-refractivity contribution in [3.63, 3.8) is 0 Å². The molecular formula is C23H19N3O4. The Morgan fingerprint density at radius 3 is 2.50 bits per heavy atom. The highest BCUT2D eigenvalue weighted by Crippen LogP contribution is 2.35. The number of ether oxygens (including phenoxy) is 2. The van der Waals surface area contributed by atoms with E-state index in [0.29, 0.717) is 17.2 Å². The minimum atomic E-state index is -0.736. The molecule has 0 bridgehead atoms. The number of piperazine rings is 1. The first-order valence-corrected chi connectivity index (χ1v) is 9.65. The number of rotatable bonds is 4. The predicted molar refractivity (Wildman–Crippen MR) is 109 cm³/mol. The summed E-state index contributed by atoms with van der Waals surface area (Å²) in [7, 11) is 0. The highest BCUT2D eigenvalue weighted by atomic mass is 16.7. The Morgan fingerprint density at radius 1 is 0.933 bits per heavy atom. The molecule has 7 heteroatoms. The molecule has 1 aromatic heterocycles. The van der Waals surface area contributed by atoms with E-state index >= 15 is 0 Å². The van der Waals surface area contributed by atoms with Crippen molar-refractivity contribution in [2.24, 2.45) is 0 Å². The Morgan fingerprint density at radius 2 is 1.70 bits per heavy atom. The first-order chi connectivity index (χ1) is 14.7. The molecule has 0 radical (unpaired) electrons. The molecule has 0 N–H and O–H groups in total. The Labute approximate surface area is 173 Å². The number of carbonyl (C=O) groups excluding carboxylic acids is 2. The average Bonchev–Trinajstić information content (AvgIpc) is 3.25. The van der Waals surface area contributed by atoms with E-state index in [9.17, 15) is 9.59 Å². The van der Waals surface area contributed by atoms with Gasteiger partial charge in [0.25, 0.3) is 5.91 Å². The number of pyridine rings is 1. The van der Waals surface area contributed by atoms with E-state index in [4.69, 9.17) is 9.47 Å². The summed E-state index contributed by atoms with van der Waals surface area (Å²) in [4.78, 5) is 33.9. The second kappa shape index (κ2) is 7.51. The quantitative estimate of drug-likeness (QED) is 0.672. The summed E-state index contributed by atoms with van der Waals surface area (Å²) in [6.07, 6.45) is 3.26. The number of amides is 2. The van der Waals surface area contributed by atoms with Crippen LogP contribution in [0.2, 0.25) is 0 Å².